The number of likely N-dealkylation sites (tertiary alicyclic amines) is 1. The predicted octanol–water partition coefficient (Wildman–Crippen LogP) is 3.05. The van der Waals surface area contributed by atoms with Gasteiger partial charge in [-0.15, -0.1) is 0 Å². The van der Waals surface area contributed by atoms with Crippen LogP contribution in [0.4, 0.5) is 0 Å². The Balaban J connectivity index is 1.99. The van der Waals surface area contributed by atoms with Gasteiger partial charge in [0.2, 0.25) is 5.91 Å². The Morgan fingerprint density at radius 1 is 1.18 bits per heavy atom. The Morgan fingerprint density at radius 3 is 2.27 bits per heavy atom. The highest BCUT2D eigenvalue weighted by Crippen LogP contribution is 2.25. The maximum absolute atomic E-state index is 12.9. The number of benzene rings is 1. The molecule has 1 aliphatic heterocycles. The van der Waals surface area contributed by atoms with Crippen LogP contribution < -0.4 is 0 Å². The number of rotatable bonds is 5. The zero-order chi connectivity index (χ0) is 16.1. The summed E-state index contributed by atoms with van der Waals surface area (Å²) in [4.78, 5) is 17.0. The minimum absolute atomic E-state index is 0.0574. The van der Waals surface area contributed by atoms with Crippen LogP contribution in [0.15, 0.2) is 30.3 Å². The van der Waals surface area contributed by atoms with E-state index in [9.17, 15) is 4.79 Å². The van der Waals surface area contributed by atoms with Crippen LogP contribution in [0.3, 0.4) is 0 Å². The van der Waals surface area contributed by atoms with E-state index in [1.807, 2.05) is 32.3 Å². The number of nitrogens with zero attached hydrogens (tertiary/aromatic N) is 2. The summed E-state index contributed by atoms with van der Waals surface area (Å²) in [5, 5.41) is 0. The fourth-order valence-electron chi connectivity index (χ4n) is 3.33. The molecule has 3 nitrogen and oxygen atoms in total. The highest BCUT2D eigenvalue weighted by atomic mass is 16.2. The summed E-state index contributed by atoms with van der Waals surface area (Å²) >= 11 is 0. The monoisotopic (exact) mass is 302 g/mol. The molecule has 0 radical (unpaired) electrons. The Morgan fingerprint density at radius 2 is 1.77 bits per heavy atom. The lowest BCUT2D eigenvalue weighted by Gasteiger charge is -2.37. The lowest BCUT2D eigenvalue weighted by atomic mass is 9.86. The second-order valence-electron chi connectivity index (χ2n) is 7.08. The van der Waals surface area contributed by atoms with Gasteiger partial charge in [0.25, 0.3) is 0 Å². The van der Waals surface area contributed by atoms with Crippen molar-refractivity contribution in [2.75, 3.05) is 27.2 Å². The predicted molar refractivity (Wildman–Crippen MR) is 91.8 cm³/mol. The number of carbonyl (C=O) groups excluding carboxylic acids is 1. The fraction of sp³-hybridized carbons (Fsp3) is 0.632. The zero-order valence-corrected chi connectivity index (χ0v) is 14.5. The van der Waals surface area contributed by atoms with Gasteiger partial charge in [0.15, 0.2) is 0 Å². The number of piperidine rings is 1. The molecular weight excluding hydrogens is 272 g/mol. The van der Waals surface area contributed by atoms with E-state index in [0.29, 0.717) is 0 Å². The Hall–Kier alpha value is -1.35. The summed E-state index contributed by atoms with van der Waals surface area (Å²) < 4.78 is 0. The summed E-state index contributed by atoms with van der Waals surface area (Å²) in [6.45, 7) is 6.42. The zero-order valence-electron chi connectivity index (χ0n) is 14.5. The molecule has 3 heteroatoms. The number of hydrogen-bond acceptors (Lipinski definition) is 2. The molecule has 1 fully saturated rings. The number of likely N-dealkylation sites (N-methyl/N-ethyl adjacent to an activating group) is 1. The van der Waals surface area contributed by atoms with Crippen molar-refractivity contribution in [1.29, 1.82) is 0 Å². The topological polar surface area (TPSA) is 23.6 Å². The molecule has 2 rings (SSSR count). The van der Waals surface area contributed by atoms with Gasteiger partial charge in [-0.1, -0.05) is 44.2 Å². The first-order chi connectivity index (χ1) is 10.5. The highest BCUT2D eigenvalue weighted by molar-refractivity contribution is 5.82. The lowest BCUT2D eigenvalue weighted by Crippen LogP contribution is -2.50. The van der Waals surface area contributed by atoms with E-state index in [1.165, 1.54) is 5.56 Å². The number of carbonyl (C=O) groups is 1. The van der Waals surface area contributed by atoms with E-state index in [0.717, 1.165) is 44.2 Å². The van der Waals surface area contributed by atoms with Crippen LogP contribution in [0.2, 0.25) is 0 Å². The summed E-state index contributed by atoms with van der Waals surface area (Å²) in [7, 11) is 4.01. The van der Waals surface area contributed by atoms with Crippen molar-refractivity contribution in [2.45, 2.75) is 39.2 Å². The van der Waals surface area contributed by atoms with E-state index in [1.54, 1.807) is 0 Å². The molecule has 0 aromatic heterocycles. The smallest absolute Gasteiger partial charge is 0.240 e. The Bertz CT molecular complexity index is 462. The summed E-state index contributed by atoms with van der Waals surface area (Å²) in [5.74, 6) is 1.79. The van der Waals surface area contributed by atoms with Gasteiger partial charge in [-0.2, -0.15) is 0 Å². The van der Waals surface area contributed by atoms with Crippen LogP contribution in [-0.2, 0) is 11.2 Å². The molecule has 1 saturated heterocycles. The molecule has 22 heavy (non-hydrogen) atoms. The average molecular weight is 302 g/mol. The molecule has 1 aromatic rings. The molecular formula is C19H30N2O. The average Bonchev–Trinajstić information content (AvgIpc) is 2.53. The second-order valence-corrected chi connectivity index (χ2v) is 7.08. The molecule has 1 heterocycles. The summed E-state index contributed by atoms with van der Waals surface area (Å²) in [6.07, 6.45) is 3.08. The molecule has 1 aliphatic rings. The molecule has 1 amide bonds. The molecule has 0 N–H and O–H groups in total. The largest absolute Gasteiger partial charge is 0.341 e. The third-order valence-electron chi connectivity index (χ3n) is 4.97. The Kier molecular flexibility index (Phi) is 6.01. The van der Waals surface area contributed by atoms with Crippen LogP contribution >= 0.6 is 0 Å². The van der Waals surface area contributed by atoms with Gasteiger partial charge in [0, 0.05) is 13.1 Å². The molecule has 0 saturated carbocycles. The molecule has 0 spiro atoms. The summed E-state index contributed by atoms with van der Waals surface area (Å²) in [6, 6.07) is 10.3. The second kappa shape index (κ2) is 7.77. The van der Waals surface area contributed by atoms with Crippen molar-refractivity contribution in [3.05, 3.63) is 35.9 Å². The van der Waals surface area contributed by atoms with Crippen LogP contribution in [0.1, 0.15) is 32.3 Å². The number of hydrogen-bond donors (Lipinski definition) is 0. The van der Waals surface area contributed by atoms with Gasteiger partial charge in [-0.25, -0.2) is 0 Å². The van der Waals surface area contributed by atoms with Crippen molar-refractivity contribution in [3.63, 3.8) is 0 Å². The maximum Gasteiger partial charge on any atom is 0.240 e. The van der Waals surface area contributed by atoms with Crippen molar-refractivity contribution >= 4 is 5.91 Å². The van der Waals surface area contributed by atoms with E-state index >= 15 is 0 Å². The molecule has 1 atom stereocenters. The van der Waals surface area contributed by atoms with Crippen LogP contribution in [0.5, 0.6) is 0 Å². The van der Waals surface area contributed by atoms with E-state index < -0.39 is 0 Å². The highest BCUT2D eigenvalue weighted by Gasteiger charge is 2.30. The quantitative estimate of drug-likeness (QED) is 0.834. The van der Waals surface area contributed by atoms with Crippen LogP contribution in [0.25, 0.3) is 0 Å². The molecule has 0 aliphatic carbocycles. The molecule has 0 bridgehead atoms. The molecule has 1 unspecified atom stereocenters. The van der Waals surface area contributed by atoms with E-state index in [-0.39, 0.29) is 11.9 Å². The van der Waals surface area contributed by atoms with E-state index in [2.05, 4.69) is 35.8 Å². The van der Waals surface area contributed by atoms with Gasteiger partial charge >= 0.3 is 0 Å². The first-order valence-electron chi connectivity index (χ1n) is 8.48. The minimum Gasteiger partial charge on any atom is -0.341 e. The van der Waals surface area contributed by atoms with Gasteiger partial charge in [-0.3, -0.25) is 9.69 Å². The summed E-state index contributed by atoms with van der Waals surface area (Å²) in [5.41, 5.74) is 1.23. The fourth-order valence-corrected chi connectivity index (χ4v) is 3.33. The van der Waals surface area contributed by atoms with Gasteiger partial charge in [-0.05, 0) is 50.8 Å². The third kappa shape index (κ3) is 4.33. The van der Waals surface area contributed by atoms with E-state index in [4.69, 9.17) is 0 Å². The van der Waals surface area contributed by atoms with Gasteiger partial charge in [0.1, 0.15) is 0 Å². The SMILES string of the molecule is CC(C)C1CCN(C(=O)C(Cc2ccccc2)N(C)C)CC1. The van der Waals surface area contributed by atoms with Gasteiger partial charge < -0.3 is 4.90 Å². The third-order valence-corrected chi connectivity index (χ3v) is 4.97. The minimum atomic E-state index is -0.0574. The van der Waals surface area contributed by atoms with Crippen molar-refractivity contribution in [2.24, 2.45) is 11.8 Å². The normalized spacial score (nSPS) is 18.0. The van der Waals surface area contributed by atoms with Crippen LogP contribution in [0, 0.1) is 11.8 Å². The molecule has 122 valence electrons. The maximum atomic E-state index is 12.9. The number of amides is 1. The lowest BCUT2D eigenvalue weighted by molar-refractivity contribution is -0.137. The van der Waals surface area contributed by atoms with Crippen LogP contribution in [-0.4, -0.2) is 48.9 Å². The first kappa shape index (κ1) is 17.0. The van der Waals surface area contributed by atoms with Gasteiger partial charge in [0.05, 0.1) is 6.04 Å². The first-order valence-corrected chi connectivity index (χ1v) is 8.48. The van der Waals surface area contributed by atoms with Crippen molar-refractivity contribution < 1.29 is 4.79 Å². The standard InChI is InChI=1S/C19H30N2O/c1-15(2)17-10-12-21(13-11-17)19(22)18(20(3)4)14-16-8-6-5-7-9-16/h5-9,15,17-18H,10-14H2,1-4H3. The van der Waals surface area contributed by atoms with Crippen molar-refractivity contribution in [3.8, 4) is 0 Å². The molecule has 1 aromatic carbocycles. The Labute approximate surface area is 135 Å². The van der Waals surface area contributed by atoms with Crippen molar-refractivity contribution in [1.82, 2.24) is 9.80 Å².